The van der Waals surface area contributed by atoms with Gasteiger partial charge in [-0.05, 0) is 45.0 Å². The highest BCUT2D eigenvalue weighted by molar-refractivity contribution is 7.13. The maximum absolute atomic E-state index is 12.7. The lowest BCUT2D eigenvalue weighted by atomic mass is 10.1. The van der Waals surface area contributed by atoms with Crippen LogP contribution in [0.5, 0.6) is 0 Å². The van der Waals surface area contributed by atoms with Gasteiger partial charge in [0.05, 0.1) is 11.4 Å². The molecule has 0 unspecified atom stereocenters. The summed E-state index contributed by atoms with van der Waals surface area (Å²) in [5, 5.41) is 9.46. The van der Waals surface area contributed by atoms with Crippen LogP contribution in [0.25, 0.3) is 5.69 Å². The molecule has 0 saturated carbocycles. The van der Waals surface area contributed by atoms with E-state index in [-0.39, 0.29) is 5.69 Å². The number of benzene rings is 1. The van der Waals surface area contributed by atoms with Crippen LogP contribution in [0.2, 0.25) is 0 Å². The molecule has 8 heteroatoms. The summed E-state index contributed by atoms with van der Waals surface area (Å²) in [6.07, 6.45) is 3.74. The largest absolute Gasteiger partial charge is 0.297 e. The number of thiazole rings is 1. The Labute approximate surface area is 173 Å². The Kier molecular flexibility index (Phi) is 5.82. The summed E-state index contributed by atoms with van der Waals surface area (Å²) in [7, 11) is 0. The topological polar surface area (TPSA) is 80.1 Å². The second-order valence-corrected chi connectivity index (χ2v) is 8.04. The quantitative estimate of drug-likeness (QED) is 0.700. The molecule has 1 aromatic carbocycles. The molecule has 0 radical (unpaired) electrons. The maximum Gasteiger partial charge on any atom is 0.281 e. The van der Waals surface area contributed by atoms with Gasteiger partial charge < -0.3 is 0 Å². The Morgan fingerprint density at radius 2 is 1.93 bits per heavy atom. The minimum atomic E-state index is -0.543. The highest BCUT2D eigenvalue weighted by atomic mass is 32.1. The molecule has 1 amide bonds. The summed E-state index contributed by atoms with van der Waals surface area (Å²) in [4.78, 5) is 31.9. The number of amides is 1. The van der Waals surface area contributed by atoms with Crippen LogP contribution < -0.4 is 10.7 Å². The van der Waals surface area contributed by atoms with Crippen molar-refractivity contribution in [1.29, 1.82) is 0 Å². The predicted molar refractivity (Wildman–Crippen MR) is 114 cm³/mol. The molecule has 0 aliphatic carbocycles. The third-order valence-corrected chi connectivity index (χ3v) is 5.74. The molecule has 1 saturated heterocycles. The van der Waals surface area contributed by atoms with Gasteiger partial charge in [-0.15, -0.1) is 11.3 Å². The van der Waals surface area contributed by atoms with Gasteiger partial charge in [-0.3, -0.25) is 19.8 Å². The SMILES string of the molecule is Cc1cc(=O)c(C(=O)Nc2nc(CN3CCCCC3)cs2)nn1-c1ccccc1. The van der Waals surface area contributed by atoms with Gasteiger partial charge in [-0.2, -0.15) is 5.10 Å². The fourth-order valence-corrected chi connectivity index (χ4v) is 4.17. The molecule has 7 nitrogen and oxygen atoms in total. The molecule has 3 heterocycles. The van der Waals surface area contributed by atoms with E-state index in [1.54, 1.807) is 11.6 Å². The Morgan fingerprint density at radius 1 is 1.17 bits per heavy atom. The maximum atomic E-state index is 12.7. The van der Waals surface area contributed by atoms with Gasteiger partial charge in [0.15, 0.2) is 10.8 Å². The number of aryl methyl sites for hydroxylation is 1. The molecule has 150 valence electrons. The highest BCUT2D eigenvalue weighted by Crippen LogP contribution is 2.19. The van der Waals surface area contributed by atoms with E-state index in [9.17, 15) is 9.59 Å². The van der Waals surface area contributed by atoms with E-state index in [0.717, 1.165) is 31.0 Å². The normalized spacial score (nSPS) is 14.7. The summed E-state index contributed by atoms with van der Waals surface area (Å²) in [5.74, 6) is -0.543. The number of rotatable bonds is 5. The zero-order valence-electron chi connectivity index (χ0n) is 16.3. The second-order valence-electron chi connectivity index (χ2n) is 7.18. The Balaban J connectivity index is 1.51. The molecular weight excluding hydrogens is 386 g/mol. The molecule has 0 bridgehead atoms. The number of hydrogen-bond donors (Lipinski definition) is 1. The Bertz CT molecular complexity index is 1050. The smallest absolute Gasteiger partial charge is 0.281 e. The minimum Gasteiger partial charge on any atom is -0.297 e. The van der Waals surface area contributed by atoms with Crippen molar-refractivity contribution in [3.8, 4) is 5.69 Å². The van der Waals surface area contributed by atoms with Crippen LogP contribution in [0, 0.1) is 6.92 Å². The van der Waals surface area contributed by atoms with Gasteiger partial charge in [0, 0.05) is 23.7 Å². The lowest BCUT2D eigenvalue weighted by Gasteiger charge is -2.25. The van der Waals surface area contributed by atoms with E-state index in [2.05, 4.69) is 20.3 Å². The van der Waals surface area contributed by atoms with Crippen LogP contribution >= 0.6 is 11.3 Å². The van der Waals surface area contributed by atoms with Crippen LogP contribution in [0.1, 0.15) is 41.1 Å². The fourth-order valence-electron chi connectivity index (χ4n) is 3.48. The van der Waals surface area contributed by atoms with Crippen LogP contribution in [-0.2, 0) is 6.54 Å². The van der Waals surface area contributed by atoms with Gasteiger partial charge in [0.1, 0.15) is 0 Å². The summed E-state index contributed by atoms with van der Waals surface area (Å²) >= 11 is 1.36. The standard InChI is InChI=1S/C21H23N5O2S/c1-15-12-18(27)19(24-26(15)17-8-4-2-5-9-17)20(28)23-21-22-16(14-29-21)13-25-10-6-3-7-11-25/h2,4-5,8-9,12,14H,3,6-7,10-11,13H2,1H3,(H,22,23,28). The van der Waals surface area contributed by atoms with Crippen molar-refractivity contribution in [3.05, 3.63) is 69.1 Å². The summed E-state index contributed by atoms with van der Waals surface area (Å²) in [5.41, 5.74) is 1.84. The average Bonchev–Trinajstić information content (AvgIpc) is 3.16. The van der Waals surface area contributed by atoms with E-state index < -0.39 is 11.3 Å². The van der Waals surface area contributed by atoms with E-state index in [1.165, 1.54) is 36.7 Å². The molecule has 1 N–H and O–H groups in total. The monoisotopic (exact) mass is 409 g/mol. The van der Waals surface area contributed by atoms with E-state index in [4.69, 9.17) is 0 Å². The molecule has 0 atom stereocenters. The number of nitrogens with zero attached hydrogens (tertiary/aromatic N) is 4. The summed E-state index contributed by atoms with van der Waals surface area (Å²) in [6, 6.07) is 10.8. The Morgan fingerprint density at radius 3 is 2.69 bits per heavy atom. The molecule has 0 spiro atoms. The second kappa shape index (κ2) is 8.67. The number of nitrogens with one attached hydrogen (secondary N) is 1. The van der Waals surface area contributed by atoms with Gasteiger partial charge >= 0.3 is 0 Å². The van der Waals surface area contributed by atoms with Crippen molar-refractivity contribution < 1.29 is 4.79 Å². The lowest BCUT2D eigenvalue weighted by molar-refractivity contribution is 0.101. The number of anilines is 1. The highest BCUT2D eigenvalue weighted by Gasteiger charge is 2.18. The van der Waals surface area contributed by atoms with Gasteiger partial charge in [0.25, 0.3) is 5.91 Å². The van der Waals surface area contributed by atoms with Crippen molar-refractivity contribution in [2.24, 2.45) is 0 Å². The average molecular weight is 410 g/mol. The van der Waals surface area contributed by atoms with Crippen molar-refractivity contribution in [3.63, 3.8) is 0 Å². The molecule has 1 fully saturated rings. The van der Waals surface area contributed by atoms with Crippen LogP contribution in [0.4, 0.5) is 5.13 Å². The zero-order valence-corrected chi connectivity index (χ0v) is 17.1. The van der Waals surface area contributed by atoms with Crippen molar-refractivity contribution >= 4 is 22.4 Å². The number of carbonyl (C=O) groups excluding carboxylic acids is 1. The van der Waals surface area contributed by atoms with Gasteiger partial charge in [0.2, 0.25) is 5.43 Å². The first kappa shape index (κ1) is 19.5. The van der Waals surface area contributed by atoms with Crippen molar-refractivity contribution in [1.82, 2.24) is 19.7 Å². The van der Waals surface area contributed by atoms with E-state index in [1.807, 2.05) is 35.7 Å². The molecule has 1 aliphatic rings. The predicted octanol–water partition coefficient (Wildman–Crippen LogP) is 3.24. The number of aromatic nitrogens is 3. The Hall–Kier alpha value is -2.84. The van der Waals surface area contributed by atoms with Gasteiger partial charge in [-0.1, -0.05) is 24.6 Å². The third kappa shape index (κ3) is 4.60. The van der Waals surface area contributed by atoms with E-state index in [0.29, 0.717) is 10.8 Å². The molecule has 29 heavy (non-hydrogen) atoms. The number of para-hydroxylation sites is 1. The number of hydrogen-bond acceptors (Lipinski definition) is 6. The van der Waals surface area contributed by atoms with Crippen LogP contribution in [0.3, 0.4) is 0 Å². The third-order valence-electron chi connectivity index (χ3n) is 4.93. The minimum absolute atomic E-state index is 0.146. The van der Waals surface area contributed by atoms with Crippen LogP contribution in [-0.4, -0.2) is 38.7 Å². The first-order valence-corrected chi connectivity index (χ1v) is 10.6. The fraction of sp³-hybridized carbons (Fsp3) is 0.333. The molecule has 4 rings (SSSR count). The number of carbonyl (C=O) groups is 1. The molecule has 2 aromatic heterocycles. The summed E-state index contributed by atoms with van der Waals surface area (Å²) < 4.78 is 1.60. The lowest BCUT2D eigenvalue weighted by Crippen LogP contribution is -2.29. The van der Waals surface area contributed by atoms with Crippen LogP contribution in [0.15, 0.2) is 46.6 Å². The number of likely N-dealkylation sites (tertiary alicyclic amines) is 1. The summed E-state index contributed by atoms with van der Waals surface area (Å²) in [6.45, 7) is 4.75. The van der Waals surface area contributed by atoms with Crippen molar-refractivity contribution in [2.45, 2.75) is 32.7 Å². The number of piperidine rings is 1. The van der Waals surface area contributed by atoms with Crippen molar-refractivity contribution in [2.75, 3.05) is 18.4 Å². The molecule has 3 aromatic rings. The zero-order chi connectivity index (χ0) is 20.2. The molecular formula is C21H23N5O2S. The van der Waals surface area contributed by atoms with E-state index >= 15 is 0 Å². The molecule has 1 aliphatic heterocycles. The van der Waals surface area contributed by atoms with Gasteiger partial charge in [-0.25, -0.2) is 9.67 Å². The first-order chi connectivity index (χ1) is 14.1. The first-order valence-electron chi connectivity index (χ1n) is 9.75.